The SMILES string of the molecule is CCn1c(C(C)C)nc(-c2ccc(F)c(Br)c2)c1N. The van der Waals surface area contributed by atoms with E-state index in [-0.39, 0.29) is 5.82 Å². The molecule has 1 aromatic heterocycles. The summed E-state index contributed by atoms with van der Waals surface area (Å²) in [4.78, 5) is 4.62. The number of rotatable bonds is 3. The van der Waals surface area contributed by atoms with Crippen molar-refractivity contribution in [2.45, 2.75) is 33.2 Å². The van der Waals surface area contributed by atoms with E-state index in [4.69, 9.17) is 5.73 Å². The lowest BCUT2D eigenvalue weighted by molar-refractivity contribution is 0.621. The molecule has 0 saturated heterocycles. The summed E-state index contributed by atoms with van der Waals surface area (Å²) in [6.45, 7) is 6.97. The number of imidazole rings is 1. The molecule has 1 heterocycles. The molecule has 2 N–H and O–H groups in total. The van der Waals surface area contributed by atoms with E-state index in [1.54, 1.807) is 12.1 Å². The highest BCUT2D eigenvalue weighted by Crippen LogP contribution is 2.31. The first kappa shape index (κ1) is 14.1. The zero-order chi connectivity index (χ0) is 14.2. The Balaban J connectivity index is 2.59. The summed E-state index contributed by atoms with van der Waals surface area (Å²) in [5.74, 6) is 1.58. The number of benzene rings is 1. The third-order valence-corrected chi connectivity index (χ3v) is 3.67. The normalized spacial score (nSPS) is 11.3. The Hall–Kier alpha value is -1.36. The first-order chi connectivity index (χ1) is 8.95. The van der Waals surface area contributed by atoms with E-state index in [9.17, 15) is 4.39 Å². The quantitative estimate of drug-likeness (QED) is 0.920. The number of hydrogen-bond donors (Lipinski definition) is 1. The van der Waals surface area contributed by atoms with Crippen LogP contribution in [-0.4, -0.2) is 9.55 Å². The third-order valence-electron chi connectivity index (χ3n) is 3.06. The smallest absolute Gasteiger partial charge is 0.137 e. The Morgan fingerprint density at radius 1 is 1.42 bits per heavy atom. The van der Waals surface area contributed by atoms with Crippen LogP contribution < -0.4 is 5.73 Å². The molecule has 2 aromatic rings. The Labute approximate surface area is 120 Å². The maximum atomic E-state index is 13.3. The molecule has 5 heteroatoms. The Morgan fingerprint density at radius 2 is 2.11 bits per heavy atom. The lowest BCUT2D eigenvalue weighted by Gasteiger charge is -2.08. The second kappa shape index (κ2) is 5.33. The first-order valence-electron chi connectivity index (χ1n) is 6.27. The van der Waals surface area contributed by atoms with Gasteiger partial charge in [0.2, 0.25) is 0 Å². The van der Waals surface area contributed by atoms with Gasteiger partial charge in [0.1, 0.15) is 23.2 Å². The van der Waals surface area contributed by atoms with Crippen molar-refractivity contribution in [2.75, 3.05) is 5.73 Å². The number of aromatic nitrogens is 2. The predicted octanol–water partition coefficient (Wildman–Crippen LogP) is 4.18. The minimum Gasteiger partial charge on any atom is -0.383 e. The zero-order valence-corrected chi connectivity index (χ0v) is 12.8. The summed E-state index contributed by atoms with van der Waals surface area (Å²) in [6, 6.07) is 4.82. The molecule has 0 saturated carbocycles. The molecular formula is C14H17BrFN3. The van der Waals surface area contributed by atoms with Crippen molar-refractivity contribution in [1.29, 1.82) is 0 Å². The van der Waals surface area contributed by atoms with Gasteiger partial charge in [0.05, 0.1) is 4.47 Å². The molecular weight excluding hydrogens is 309 g/mol. The molecule has 0 fully saturated rings. The van der Waals surface area contributed by atoms with E-state index in [1.165, 1.54) is 6.07 Å². The van der Waals surface area contributed by atoms with Crippen LogP contribution in [0.5, 0.6) is 0 Å². The van der Waals surface area contributed by atoms with E-state index < -0.39 is 0 Å². The number of anilines is 1. The Kier molecular flexibility index (Phi) is 3.94. The van der Waals surface area contributed by atoms with Crippen molar-refractivity contribution >= 4 is 21.7 Å². The predicted molar refractivity (Wildman–Crippen MR) is 79.5 cm³/mol. The molecule has 0 spiro atoms. The van der Waals surface area contributed by atoms with Gasteiger partial charge < -0.3 is 10.3 Å². The summed E-state index contributed by atoms with van der Waals surface area (Å²) in [6.07, 6.45) is 0. The van der Waals surface area contributed by atoms with E-state index in [0.29, 0.717) is 21.9 Å². The number of nitrogens with two attached hydrogens (primary N) is 1. The fourth-order valence-electron chi connectivity index (χ4n) is 2.11. The molecule has 0 amide bonds. The van der Waals surface area contributed by atoms with Crippen LogP contribution in [0.1, 0.15) is 32.5 Å². The van der Waals surface area contributed by atoms with Gasteiger partial charge in [-0.1, -0.05) is 13.8 Å². The monoisotopic (exact) mass is 325 g/mol. The number of nitrogen functional groups attached to an aromatic ring is 1. The maximum absolute atomic E-state index is 13.3. The van der Waals surface area contributed by atoms with Crippen LogP contribution in [0.25, 0.3) is 11.3 Å². The Morgan fingerprint density at radius 3 is 2.58 bits per heavy atom. The molecule has 0 aliphatic carbocycles. The molecule has 0 aliphatic rings. The van der Waals surface area contributed by atoms with Crippen LogP contribution in [0.15, 0.2) is 22.7 Å². The van der Waals surface area contributed by atoms with E-state index >= 15 is 0 Å². The lowest BCUT2D eigenvalue weighted by Crippen LogP contribution is -2.06. The summed E-state index contributed by atoms with van der Waals surface area (Å²) in [7, 11) is 0. The number of hydrogen-bond acceptors (Lipinski definition) is 2. The summed E-state index contributed by atoms with van der Waals surface area (Å²) >= 11 is 3.19. The van der Waals surface area contributed by atoms with Gasteiger partial charge in [-0.2, -0.15) is 0 Å². The fraction of sp³-hybridized carbons (Fsp3) is 0.357. The van der Waals surface area contributed by atoms with Gasteiger partial charge in [0.25, 0.3) is 0 Å². The largest absolute Gasteiger partial charge is 0.383 e. The highest BCUT2D eigenvalue weighted by atomic mass is 79.9. The average Bonchev–Trinajstić information content (AvgIpc) is 2.70. The van der Waals surface area contributed by atoms with Gasteiger partial charge in [-0.3, -0.25) is 0 Å². The van der Waals surface area contributed by atoms with Crippen molar-refractivity contribution in [3.05, 3.63) is 34.3 Å². The van der Waals surface area contributed by atoms with Gasteiger partial charge >= 0.3 is 0 Å². The molecule has 3 nitrogen and oxygen atoms in total. The molecule has 0 radical (unpaired) electrons. The van der Waals surface area contributed by atoms with Crippen molar-refractivity contribution in [3.63, 3.8) is 0 Å². The molecule has 1 aromatic carbocycles. The van der Waals surface area contributed by atoms with Crippen LogP contribution in [0, 0.1) is 5.82 Å². The maximum Gasteiger partial charge on any atom is 0.137 e. The minimum atomic E-state index is -0.290. The van der Waals surface area contributed by atoms with Gasteiger partial charge in [-0.05, 0) is 41.1 Å². The van der Waals surface area contributed by atoms with Crippen molar-refractivity contribution in [3.8, 4) is 11.3 Å². The average molecular weight is 326 g/mol. The van der Waals surface area contributed by atoms with E-state index in [0.717, 1.165) is 17.9 Å². The molecule has 19 heavy (non-hydrogen) atoms. The summed E-state index contributed by atoms with van der Waals surface area (Å²) in [5, 5.41) is 0. The lowest BCUT2D eigenvalue weighted by atomic mass is 10.1. The third kappa shape index (κ3) is 2.52. The van der Waals surface area contributed by atoms with Gasteiger partial charge in [0, 0.05) is 18.0 Å². The molecule has 0 atom stereocenters. The fourth-order valence-corrected chi connectivity index (χ4v) is 2.49. The highest BCUT2D eigenvalue weighted by Gasteiger charge is 2.17. The molecule has 0 aliphatic heterocycles. The van der Waals surface area contributed by atoms with Gasteiger partial charge in [-0.25, -0.2) is 9.37 Å². The van der Waals surface area contributed by atoms with Crippen molar-refractivity contribution < 1.29 is 4.39 Å². The number of halogens is 2. The molecule has 0 unspecified atom stereocenters. The minimum absolute atomic E-state index is 0.290. The van der Waals surface area contributed by atoms with Crippen LogP contribution in [0.4, 0.5) is 10.2 Å². The van der Waals surface area contributed by atoms with Gasteiger partial charge in [-0.15, -0.1) is 0 Å². The topological polar surface area (TPSA) is 43.8 Å². The standard InChI is InChI=1S/C14H17BrFN3/c1-4-19-13(17)12(18-14(19)8(2)3)9-5-6-11(16)10(15)7-9/h5-8H,4,17H2,1-3H3. The zero-order valence-electron chi connectivity index (χ0n) is 11.2. The van der Waals surface area contributed by atoms with Crippen molar-refractivity contribution in [2.24, 2.45) is 0 Å². The summed E-state index contributed by atoms with van der Waals surface area (Å²) in [5.41, 5.74) is 7.70. The van der Waals surface area contributed by atoms with Crippen LogP contribution in [-0.2, 0) is 6.54 Å². The van der Waals surface area contributed by atoms with Crippen LogP contribution >= 0.6 is 15.9 Å². The van der Waals surface area contributed by atoms with E-state index in [2.05, 4.69) is 34.8 Å². The second-order valence-electron chi connectivity index (χ2n) is 4.73. The second-order valence-corrected chi connectivity index (χ2v) is 5.59. The van der Waals surface area contributed by atoms with Gasteiger partial charge in [0.15, 0.2) is 0 Å². The first-order valence-corrected chi connectivity index (χ1v) is 7.06. The molecule has 2 rings (SSSR count). The van der Waals surface area contributed by atoms with Crippen molar-refractivity contribution in [1.82, 2.24) is 9.55 Å². The van der Waals surface area contributed by atoms with Crippen LogP contribution in [0.2, 0.25) is 0 Å². The molecule has 102 valence electrons. The summed E-state index contributed by atoms with van der Waals surface area (Å²) < 4.78 is 15.7. The number of nitrogens with zero attached hydrogens (tertiary/aromatic N) is 2. The van der Waals surface area contributed by atoms with Crippen LogP contribution in [0.3, 0.4) is 0 Å². The van der Waals surface area contributed by atoms with E-state index in [1.807, 2.05) is 11.5 Å². The Bertz CT molecular complexity index is 605. The molecule has 0 bridgehead atoms. The highest BCUT2D eigenvalue weighted by molar-refractivity contribution is 9.10.